The molecule has 16 heavy (non-hydrogen) atoms. The van der Waals surface area contributed by atoms with Crippen molar-refractivity contribution in [3.8, 4) is 5.75 Å². The third-order valence-corrected chi connectivity index (χ3v) is 3.02. The Labute approximate surface area is 97.6 Å². The molecule has 0 atom stereocenters. The molecular weight excluding hydrogens is 200 g/mol. The number of hydrogen-bond donors (Lipinski definition) is 0. The maximum absolute atomic E-state index is 5.68. The van der Waals surface area contributed by atoms with E-state index in [1.807, 2.05) is 30.3 Å². The SMILES string of the molecule is CN1CCN(CCOc2ccccc2)CC1. The number of piperazine rings is 1. The standard InChI is InChI=1S/C13H20N2O/c1-14-7-9-15(10-8-14)11-12-16-13-5-3-2-4-6-13/h2-6H,7-12H2,1H3. The van der Waals surface area contributed by atoms with Crippen LogP contribution in [0.1, 0.15) is 0 Å². The van der Waals surface area contributed by atoms with E-state index in [0.29, 0.717) is 0 Å². The molecule has 2 rings (SSSR count). The van der Waals surface area contributed by atoms with E-state index in [1.54, 1.807) is 0 Å². The first kappa shape index (κ1) is 11.4. The Bertz CT molecular complexity index is 294. The van der Waals surface area contributed by atoms with Crippen molar-refractivity contribution in [3.63, 3.8) is 0 Å². The van der Waals surface area contributed by atoms with E-state index in [1.165, 1.54) is 13.1 Å². The Morgan fingerprint density at radius 2 is 1.75 bits per heavy atom. The zero-order valence-corrected chi connectivity index (χ0v) is 9.93. The van der Waals surface area contributed by atoms with Crippen LogP contribution in [-0.2, 0) is 0 Å². The van der Waals surface area contributed by atoms with Gasteiger partial charge in [0, 0.05) is 32.7 Å². The van der Waals surface area contributed by atoms with Crippen molar-refractivity contribution < 1.29 is 4.74 Å². The van der Waals surface area contributed by atoms with Crippen molar-refractivity contribution in [2.24, 2.45) is 0 Å². The molecule has 0 amide bonds. The fraction of sp³-hybridized carbons (Fsp3) is 0.538. The van der Waals surface area contributed by atoms with Gasteiger partial charge in [0.2, 0.25) is 0 Å². The van der Waals surface area contributed by atoms with Gasteiger partial charge in [-0.1, -0.05) is 18.2 Å². The Kier molecular flexibility index (Phi) is 4.19. The lowest BCUT2D eigenvalue weighted by atomic mass is 10.3. The quantitative estimate of drug-likeness (QED) is 0.761. The van der Waals surface area contributed by atoms with E-state index in [0.717, 1.165) is 32.0 Å². The zero-order valence-electron chi connectivity index (χ0n) is 9.93. The van der Waals surface area contributed by atoms with Gasteiger partial charge in [0.1, 0.15) is 12.4 Å². The molecule has 0 bridgehead atoms. The fourth-order valence-corrected chi connectivity index (χ4v) is 1.88. The lowest BCUT2D eigenvalue weighted by Gasteiger charge is -2.32. The van der Waals surface area contributed by atoms with Crippen molar-refractivity contribution >= 4 is 0 Å². The van der Waals surface area contributed by atoms with Crippen LogP contribution in [0.5, 0.6) is 5.75 Å². The third kappa shape index (κ3) is 3.51. The molecule has 0 aromatic heterocycles. The van der Waals surface area contributed by atoms with Crippen LogP contribution in [0.25, 0.3) is 0 Å². The summed E-state index contributed by atoms with van der Waals surface area (Å²) in [5, 5.41) is 0. The monoisotopic (exact) mass is 220 g/mol. The summed E-state index contributed by atoms with van der Waals surface area (Å²) in [6.07, 6.45) is 0. The molecule has 1 heterocycles. The fourth-order valence-electron chi connectivity index (χ4n) is 1.88. The van der Waals surface area contributed by atoms with Crippen LogP contribution >= 0.6 is 0 Å². The molecule has 3 heteroatoms. The van der Waals surface area contributed by atoms with Gasteiger partial charge in [-0.25, -0.2) is 0 Å². The summed E-state index contributed by atoms with van der Waals surface area (Å²) < 4.78 is 5.68. The van der Waals surface area contributed by atoms with Crippen LogP contribution in [-0.4, -0.2) is 56.2 Å². The van der Waals surface area contributed by atoms with Gasteiger partial charge in [0.15, 0.2) is 0 Å². The van der Waals surface area contributed by atoms with E-state index in [4.69, 9.17) is 4.74 Å². The van der Waals surface area contributed by atoms with Gasteiger partial charge in [0.05, 0.1) is 0 Å². The van der Waals surface area contributed by atoms with Crippen LogP contribution in [0.15, 0.2) is 30.3 Å². The average molecular weight is 220 g/mol. The Balaban J connectivity index is 1.65. The minimum atomic E-state index is 0.785. The summed E-state index contributed by atoms with van der Waals surface area (Å²) in [5.41, 5.74) is 0. The second-order valence-corrected chi connectivity index (χ2v) is 4.31. The van der Waals surface area contributed by atoms with E-state index < -0.39 is 0 Å². The third-order valence-electron chi connectivity index (χ3n) is 3.02. The summed E-state index contributed by atoms with van der Waals surface area (Å²) in [6, 6.07) is 10.0. The molecule has 1 aliphatic heterocycles. The smallest absolute Gasteiger partial charge is 0.119 e. The molecular formula is C13H20N2O. The van der Waals surface area contributed by atoms with Crippen LogP contribution in [0.3, 0.4) is 0 Å². The van der Waals surface area contributed by atoms with Crippen LogP contribution in [0.4, 0.5) is 0 Å². The maximum atomic E-state index is 5.68. The molecule has 0 aliphatic carbocycles. The van der Waals surface area contributed by atoms with Gasteiger partial charge < -0.3 is 9.64 Å². The Hall–Kier alpha value is -1.06. The van der Waals surface area contributed by atoms with Crippen molar-refractivity contribution in [1.82, 2.24) is 9.80 Å². The first-order valence-corrected chi connectivity index (χ1v) is 5.93. The predicted octanol–water partition coefficient (Wildman–Crippen LogP) is 1.31. The second-order valence-electron chi connectivity index (χ2n) is 4.31. The van der Waals surface area contributed by atoms with E-state index in [-0.39, 0.29) is 0 Å². The number of ether oxygens (including phenoxy) is 1. The van der Waals surface area contributed by atoms with Crippen LogP contribution in [0, 0.1) is 0 Å². The highest BCUT2D eigenvalue weighted by Crippen LogP contribution is 2.08. The molecule has 0 radical (unpaired) electrons. The molecule has 0 unspecified atom stereocenters. The van der Waals surface area contributed by atoms with Gasteiger partial charge >= 0.3 is 0 Å². The topological polar surface area (TPSA) is 15.7 Å². The summed E-state index contributed by atoms with van der Waals surface area (Å²) in [5.74, 6) is 0.969. The second kappa shape index (κ2) is 5.87. The minimum absolute atomic E-state index is 0.785. The molecule has 1 aromatic rings. The van der Waals surface area contributed by atoms with Crippen molar-refractivity contribution in [3.05, 3.63) is 30.3 Å². The average Bonchev–Trinajstić information content (AvgIpc) is 2.33. The summed E-state index contributed by atoms with van der Waals surface area (Å²) in [6.45, 7) is 6.48. The van der Waals surface area contributed by atoms with Gasteiger partial charge in [-0.15, -0.1) is 0 Å². The van der Waals surface area contributed by atoms with Crippen molar-refractivity contribution in [2.75, 3.05) is 46.4 Å². The highest BCUT2D eigenvalue weighted by Gasteiger charge is 2.12. The molecule has 1 fully saturated rings. The largest absolute Gasteiger partial charge is 0.492 e. The molecule has 88 valence electrons. The number of hydrogen-bond acceptors (Lipinski definition) is 3. The molecule has 0 spiro atoms. The summed E-state index contributed by atoms with van der Waals surface area (Å²) >= 11 is 0. The molecule has 0 saturated carbocycles. The minimum Gasteiger partial charge on any atom is -0.492 e. The van der Waals surface area contributed by atoms with Gasteiger partial charge in [-0.3, -0.25) is 4.90 Å². The van der Waals surface area contributed by atoms with Gasteiger partial charge in [0.25, 0.3) is 0 Å². The van der Waals surface area contributed by atoms with Crippen LogP contribution in [0.2, 0.25) is 0 Å². The summed E-state index contributed by atoms with van der Waals surface area (Å²) in [4.78, 5) is 4.83. The predicted molar refractivity (Wildman–Crippen MR) is 65.9 cm³/mol. The van der Waals surface area contributed by atoms with Gasteiger partial charge in [-0.2, -0.15) is 0 Å². The number of para-hydroxylation sites is 1. The van der Waals surface area contributed by atoms with Crippen LogP contribution < -0.4 is 4.74 Å². The number of rotatable bonds is 4. The van der Waals surface area contributed by atoms with E-state index >= 15 is 0 Å². The normalized spacial score (nSPS) is 18.6. The first-order chi connectivity index (χ1) is 7.84. The summed E-state index contributed by atoms with van der Waals surface area (Å²) in [7, 11) is 2.18. The first-order valence-electron chi connectivity index (χ1n) is 5.93. The zero-order chi connectivity index (χ0) is 11.2. The lowest BCUT2D eigenvalue weighted by molar-refractivity contribution is 0.134. The molecule has 1 aromatic carbocycles. The van der Waals surface area contributed by atoms with Gasteiger partial charge in [-0.05, 0) is 19.2 Å². The highest BCUT2D eigenvalue weighted by molar-refractivity contribution is 5.20. The Morgan fingerprint density at radius 1 is 1.06 bits per heavy atom. The number of benzene rings is 1. The Morgan fingerprint density at radius 3 is 2.44 bits per heavy atom. The lowest BCUT2D eigenvalue weighted by Crippen LogP contribution is -2.45. The highest BCUT2D eigenvalue weighted by atomic mass is 16.5. The number of nitrogens with zero attached hydrogens (tertiary/aromatic N) is 2. The van der Waals surface area contributed by atoms with Crippen molar-refractivity contribution in [2.45, 2.75) is 0 Å². The molecule has 1 saturated heterocycles. The van der Waals surface area contributed by atoms with Crippen molar-refractivity contribution in [1.29, 1.82) is 0 Å². The van der Waals surface area contributed by atoms with E-state index in [2.05, 4.69) is 16.8 Å². The molecule has 1 aliphatic rings. The van der Waals surface area contributed by atoms with E-state index in [9.17, 15) is 0 Å². The molecule has 0 N–H and O–H groups in total. The molecule has 3 nitrogen and oxygen atoms in total. The maximum Gasteiger partial charge on any atom is 0.119 e. The number of likely N-dealkylation sites (N-methyl/N-ethyl adjacent to an activating group) is 1.